The summed E-state index contributed by atoms with van der Waals surface area (Å²) < 4.78 is 29.1. The normalized spacial score (nSPS) is 17.9. The van der Waals surface area contributed by atoms with Gasteiger partial charge in [-0.05, 0) is 54.2 Å². The van der Waals surface area contributed by atoms with Gasteiger partial charge in [0, 0.05) is 21.8 Å². The smallest absolute Gasteiger partial charge is 0.240 e. The molecule has 1 aliphatic carbocycles. The number of nitrogens with one attached hydrogen (secondary N) is 1. The third-order valence-corrected chi connectivity index (χ3v) is 9.76. The number of sulfonamides is 1. The van der Waals surface area contributed by atoms with Crippen LogP contribution >= 0.6 is 11.8 Å². The van der Waals surface area contributed by atoms with Crippen LogP contribution in [0.3, 0.4) is 0 Å². The molecule has 3 aromatic carbocycles. The average molecular weight is 480 g/mol. The molecule has 1 fully saturated rings. The lowest BCUT2D eigenvalue weighted by Gasteiger charge is -2.43. The third kappa shape index (κ3) is 4.14. The lowest BCUT2D eigenvalue weighted by Crippen LogP contribution is -2.34. The van der Waals surface area contributed by atoms with Gasteiger partial charge in [-0.15, -0.1) is 0 Å². The van der Waals surface area contributed by atoms with Crippen LogP contribution in [0.15, 0.2) is 81.4 Å². The molecule has 0 bridgehead atoms. The van der Waals surface area contributed by atoms with E-state index in [1.807, 2.05) is 31.2 Å². The summed E-state index contributed by atoms with van der Waals surface area (Å²) in [5.74, 6) is 0. The molecule has 1 unspecified atom stereocenters. The molecular weight excluding hydrogens is 450 g/mol. The summed E-state index contributed by atoms with van der Waals surface area (Å²) in [6.45, 7) is 1.81. The Labute approximate surface area is 200 Å². The molecule has 5 rings (SSSR count). The predicted octanol–water partition coefficient (Wildman–Crippen LogP) is 5.72. The van der Waals surface area contributed by atoms with Crippen molar-refractivity contribution in [3.63, 3.8) is 0 Å². The van der Waals surface area contributed by atoms with Crippen molar-refractivity contribution in [3.05, 3.63) is 89.0 Å². The van der Waals surface area contributed by atoms with Gasteiger partial charge in [0.1, 0.15) is 0 Å². The minimum absolute atomic E-state index is 0.0284. The molecule has 3 aromatic rings. The van der Waals surface area contributed by atoms with Crippen LogP contribution in [-0.4, -0.2) is 20.1 Å². The molecule has 6 heteroatoms. The fourth-order valence-corrected chi connectivity index (χ4v) is 8.05. The number of hydrogen-bond acceptors (Lipinski definition) is 4. The SMILES string of the molecule is Cc1cc2c(cc1S(=O)(=O)NCC(O)c1ccccc1)Sc1ccccc1C21CCCCC1. The van der Waals surface area contributed by atoms with Crippen LogP contribution in [0.2, 0.25) is 0 Å². The fraction of sp³-hybridized carbons (Fsp3) is 0.333. The Balaban J connectivity index is 1.49. The van der Waals surface area contributed by atoms with Crippen molar-refractivity contribution in [2.45, 2.75) is 65.2 Å². The second-order valence-corrected chi connectivity index (χ2v) is 12.0. The minimum Gasteiger partial charge on any atom is -0.387 e. The maximum absolute atomic E-state index is 13.3. The van der Waals surface area contributed by atoms with Crippen LogP contribution in [0.25, 0.3) is 0 Å². The predicted molar refractivity (Wildman–Crippen MR) is 132 cm³/mol. The lowest BCUT2D eigenvalue weighted by molar-refractivity contribution is 0.182. The highest BCUT2D eigenvalue weighted by Crippen LogP contribution is 2.55. The molecule has 4 nitrogen and oxygen atoms in total. The number of aliphatic hydroxyl groups excluding tert-OH is 1. The molecule has 2 N–H and O–H groups in total. The van der Waals surface area contributed by atoms with Crippen LogP contribution in [0.1, 0.15) is 60.5 Å². The highest BCUT2D eigenvalue weighted by atomic mass is 32.2. The zero-order valence-electron chi connectivity index (χ0n) is 18.8. The van der Waals surface area contributed by atoms with Gasteiger partial charge < -0.3 is 5.11 Å². The molecule has 172 valence electrons. The van der Waals surface area contributed by atoms with E-state index >= 15 is 0 Å². The molecule has 1 spiro atoms. The molecule has 33 heavy (non-hydrogen) atoms. The Morgan fingerprint density at radius 1 is 0.939 bits per heavy atom. The number of fused-ring (bicyclic) bond motifs is 4. The minimum atomic E-state index is -3.77. The van der Waals surface area contributed by atoms with Crippen LogP contribution in [-0.2, 0) is 15.4 Å². The van der Waals surface area contributed by atoms with E-state index in [9.17, 15) is 13.5 Å². The second-order valence-electron chi connectivity index (χ2n) is 9.13. The molecule has 0 saturated heterocycles. The largest absolute Gasteiger partial charge is 0.387 e. The summed E-state index contributed by atoms with van der Waals surface area (Å²) in [6.07, 6.45) is 4.94. The van der Waals surface area contributed by atoms with Crippen molar-refractivity contribution in [3.8, 4) is 0 Å². The van der Waals surface area contributed by atoms with Crippen LogP contribution in [0.5, 0.6) is 0 Å². The van der Waals surface area contributed by atoms with E-state index < -0.39 is 16.1 Å². The molecule has 0 aromatic heterocycles. The number of hydrogen-bond donors (Lipinski definition) is 2. The summed E-state index contributed by atoms with van der Waals surface area (Å²) in [6, 6.07) is 21.6. The van der Waals surface area contributed by atoms with Gasteiger partial charge in [-0.2, -0.15) is 0 Å². The maximum atomic E-state index is 13.3. The van der Waals surface area contributed by atoms with Gasteiger partial charge in [-0.25, -0.2) is 13.1 Å². The van der Waals surface area contributed by atoms with Crippen LogP contribution in [0.4, 0.5) is 0 Å². The number of aryl methyl sites for hydroxylation is 1. The summed E-state index contributed by atoms with van der Waals surface area (Å²) in [4.78, 5) is 2.55. The van der Waals surface area contributed by atoms with Crippen molar-refractivity contribution in [1.82, 2.24) is 4.72 Å². The second kappa shape index (κ2) is 8.91. The average Bonchev–Trinajstić information content (AvgIpc) is 2.84. The van der Waals surface area contributed by atoms with Crippen molar-refractivity contribution in [2.75, 3.05) is 6.54 Å². The summed E-state index contributed by atoms with van der Waals surface area (Å²) >= 11 is 1.67. The van der Waals surface area contributed by atoms with Gasteiger partial charge in [-0.1, -0.05) is 85.6 Å². The van der Waals surface area contributed by atoms with Gasteiger partial charge in [0.25, 0.3) is 0 Å². The highest BCUT2D eigenvalue weighted by Gasteiger charge is 2.42. The van der Waals surface area contributed by atoms with Gasteiger partial charge in [-0.3, -0.25) is 0 Å². The lowest BCUT2D eigenvalue weighted by atomic mass is 9.65. The maximum Gasteiger partial charge on any atom is 0.240 e. The molecule has 1 atom stereocenters. The zero-order valence-corrected chi connectivity index (χ0v) is 20.4. The monoisotopic (exact) mass is 479 g/mol. The summed E-state index contributed by atoms with van der Waals surface area (Å²) in [5, 5.41) is 10.4. The first-order valence-electron chi connectivity index (χ1n) is 11.6. The Hall–Kier alpha value is -2.12. The molecule has 1 heterocycles. The van der Waals surface area contributed by atoms with Gasteiger partial charge in [0.15, 0.2) is 0 Å². The van der Waals surface area contributed by atoms with Crippen LogP contribution in [0, 0.1) is 6.92 Å². The third-order valence-electron chi connectivity index (χ3n) is 7.06. The first-order chi connectivity index (χ1) is 15.9. The Kier molecular flexibility index (Phi) is 6.12. The number of rotatable bonds is 5. The Morgan fingerprint density at radius 3 is 2.39 bits per heavy atom. The topological polar surface area (TPSA) is 66.4 Å². The van der Waals surface area contributed by atoms with Crippen molar-refractivity contribution in [2.24, 2.45) is 0 Å². The van der Waals surface area contributed by atoms with E-state index in [1.165, 1.54) is 35.3 Å². The van der Waals surface area contributed by atoms with E-state index in [1.54, 1.807) is 23.9 Å². The van der Waals surface area contributed by atoms with Gasteiger partial charge in [0.05, 0.1) is 11.0 Å². The highest BCUT2D eigenvalue weighted by molar-refractivity contribution is 7.99. The molecular formula is C27H29NO3S2. The summed E-state index contributed by atoms with van der Waals surface area (Å²) in [7, 11) is -3.77. The van der Waals surface area contributed by atoms with E-state index in [0.717, 1.165) is 23.3 Å². The Morgan fingerprint density at radius 2 is 1.64 bits per heavy atom. The van der Waals surface area contributed by atoms with Crippen LogP contribution < -0.4 is 4.72 Å². The number of aliphatic hydroxyl groups is 1. The van der Waals surface area contributed by atoms with Crippen molar-refractivity contribution < 1.29 is 13.5 Å². The molecule has 1 saturated carbocycles. The first-order valence-corrected chi connectivity index (χ1v) is 13.9. The fourth-order valence-electron chi connectivity index (χ4n) is 5.39. The van der Waals surface area contributed by atoms with E-state index in [0.29, 0.717) is 10.5 Å². The van der Waals surface area contributed by atoms with E-state index in [4.69, 9.17) is 0 Å². The van der Waals surface area contributed by atoms with E-state index in [-0.39, 0.29) is 12.0 Å². The number of benzene rings is 3. The van der Waals surface area contributed by atoms with Crippen molar-refractivity contribution >= 4 is 21.8 Å². The molecule has 0 radical (unpaired) electrons. The van der Waals surface area contributed by atoms with Gasteiger partial charge >= 0.3 is 0 Å². The molecule has 2 aliphatic rings. The zero-order chi connectivity index (χ0) is 23.1. The molecule has 0 amide bonds. The van der Waals surface area contributed by atoms with Crippen molar-refractivity contribution in [1.29, 1.82) is 0 Å². The standard InChI is InChI=1S/C27H29NO3S2/c1-19-16-22-25(32-24-13-7-6-12-21(24)27(22)14-8-3-9-15-27)17-26(19)33(30,31)28-18-23(29)20-10-4-2-5-11-20/h2,4-7,10-13,16-17,23,28-29H,3,8-9,14-15,18H2,1H3. The first kappa shape index (κ1) is 22.7. The summed E-state index contributed by atoms with van der Waals surface area (Å²) in [5.41, 5.74) is 4.07. The quantitative estimate of drug-likeness (QED) is 0.491. The molecule has 1 aliphatic heterocycles. The van der Waals surface area contributed by atoms with E-state index in [2.05, 4.69) is 35.1 Å². The Bertz CT molecular complexity index is 1270. The van der Waals surface area contributed by atoms with Gasteiger partial charge in [0.2, 0.25) is 10.0 Å².